The first kappa shape index (κ1) is 21.9. The van der Waals surface area contributed by atoms with Gasteiger partial charge in [-0.2, -0.15) is 5.10 Å². The van der Waals surface area contributed by atoms with Gasteiger partial charge in [0.2, 0.25) is 0 Å². The first-order valence-corrected chi connectivity index (χ1v) is 8.98. The van der Waals surface area contributed by atoms with Crippen molar-refractivity contribution in [3.63, 3.8) is 0 Å². The molecule has 0 saturated carbocycles. The fourth-order valence-corrected chi connectivity index (χ4v) is 3.43. The molecule has 4 N–H and O–H groups in total. The third-order valence-electron chi connectivity index (χ3n) is 4.93. The van der Waals surface area contributed by atoms with E-state index in [-0.39, 0.29) is 35.1 Å². The smallest absolute Gasteiger partial charge is 0.271 e. The molecule has 1 aliphatic rings. The number of hydrogen-bond donors (Lipinski definition) is 3. The lowest BCUT2D eigenvalue weighted by atomic mass is 9.79. The molecule has 1 fully saturated rings. The first-order chi connectivity index (χ1) is 13.0. The van der Waals surface area contributed by atoms with Crippen molar-refractivity contribution in [2.45, 2.75) is 12.8 Å². The molecule has 1 aromatic carbocycles. The molecular weight excluding hydrogens is 382 g/mol. The van der Waals surface area contributed by atoms with Crippen LogP contribution in [-0.2, 0) is 4.74 Å². The average molecular weight is 408 g/mol. The van der Waals surface area contributed by atoms with Gasteiger partial charge in [-0.3, -0.25) is 9.59 Å². The lowest BCUT2D eigenvalue weighted by molar-refractivity contribution is 0.0510. The predicted octanol–water partition coefficient (Wildman–Crippen LogP) is 1.14. The van der Waals surface area contributed by atoms with Crippen molar-refractivity contribution in [2.75, 3.05) is 33.4 Å². The third-order valence-corrected chi connectivity index (χ3v) is 4.93. The molecule has 152 valence electrons. The molecule has 0 radical (unpaired) electrons. The number of nitrogens with zero attached hydrogens (tertiary/aromatic N) is 2. The summed E-state index contributed by atoms with van der Waals surface area (Å²) < 4.78 is 6.77. The first-order valence-electron chi connectivity index (χ1n) is 8.98. The summed E-state index contributed by atoms with van der Waals surface area (Å²) in [5.74, 6) is -0.971. The lowest BCUT2D eigenvalue weighted by Crippen LogP contribution is -2.47. The number of piperidine rings is 1. The van der Waals surface area contributed by atoms with Gasteiger partial charge < -0.3 is 21.1 Å². The highest BCUT2D eigenvalue weighted by Gasteiger charge is 2.33. The Labute approximate surface area is 170 Å². The molecule has 9 heteroatoms. The van der Waals surface area contributed by atoms with E-state index in [2.05, 4.69) is 15.7 Å². The van der Waals surface area contributed by atoms with Crippen LogP contribution in [-0.4, -0.2) is 54.9 Å². The highest BCUT2D eigenvalue weighted by Crippen LogP contribution is 2.28. The number of benzene rings is 1. The Balaban J connectivity index is 0.00000280. The van der Waals surface area contributed by atoms with Gasteiger partial charge in [0.25, 0.3) is 11.8 Å². The molecule has 2 aromatic rings. The number of carbonyl (C=O) groups excluding carboxylic acids is 2. The summed E-state index contributed by atoms with van der Waals surface area (Å²) in [6.45, 7) is 2.87. The van der Waals surface area contributed by atoms with E-state index in [1.54, 1.807) is 19.2 Å². The van der Waals surface area contributed by atoms with E-state index >= 15 is 0 Å². The second kappa shape index (κ2) is 9.68. The zero-order valence-electron chi connectivity index (χ0n) is 15.8. The molecule has 0 bridgehead atoms. The van der Waals surface area contributed by atoms with Gasteiger partial charge in [0, 0.05) is 25.1 Å². The van der Waals surface area contributed by atoms with Crippen molar-refractivity contribution in [2.24, 2.45) is 11.1 Å². The van der Waals surface area contributed by atoms with Crippen LogP contribution in [0, 0.1) is 5.41 Å². The Kier molecular flexibility index (Phi) is 7.56. The highest BCUT2D eigenvalue weighted by molar-refractivity contribution is 5.97. The van der Waals surface area contributed by atoms with Crippen LogP contribution in [0.5, 0.6) is 0 Å². The van der Waals surface area contributed by atoms with Crippen molar-refractivity contribution in [1.29, 1.82) is 0 Å². The van der Waals surface area contributed by atoms with Crippen molar-refractivity contribution in [1.82, 2.24) is 20.4 Å². The van der Waals surface area contributed by atoms with Gasteiger partial charge in [0.15, 0.2) is 5.69 Å². The Morgan fingerprint density at radius 2 is 1.96 bits per heavy atom. The number of nitrogens with two attached hydrogens (primary N) is 1. The number of nitrogens with one attached hydrogen (secondary N) is 2. The summed E-state index contributed by atoms with van der Waals surface area (Å²) in [5, 5.41) is 10.6. The number of aromatic nitrogens is 2. The molecule has 0 atom stereocenters. The summed E-state index contributed by atoms with van der Waals surface area (Å²) in [6.07, 6.45) is 1.85. The fourth-order valence-electron chi connectivity index (χ4n) is 3.43. The van der Waals surface area contributed by atoms with Crippen LogP contribution in [0.25, 0.3) is 5.69 Å². The van der Waals surface area contributed by atoms with Crippen molar-refractivity contribution in [3.8, 4) is 5.69 Å². The predicted molar refractivity (Wildman–Crippen MR) is 108 cm³/mol. The van der Waals surface area contributed by atoms with E-state index in [0.29, 0.717) is 18.8 Å². The third kappa shape index (κ3) is 4.89. The number of hydrogen-bond acceptors (Lipinski definition) is 5. The number of methoxy groups -OCH3 is 1. The van der Waals surface area contributed by atoms with E-state index in [4.69, 9.17) is 10.5 Å². The molecule has 28 heavy (non-hydrogen) atoms. The largest absolute Gasteiger partial charge is 0.384 e. The molecule has 3 rings (SSSR count). The zero-order chi connectivity index (χ0) is 19.3. The van der Waals surface area contributed by atoms with Gasteiger partial charge in [0.1, 0.15) is 5.69 Å². The maximum absolute atomic E-state index is 12.7. The molecule has 1 saturated heterocycles. The maximum atomic E-state index is 12.7. The van der Waals surface area contributed by atoms with Crippen LogP contribution in [0.15, 0.2) is 36.4 Å². The Bertz CT molecular complexity index is 798. The topological polar surface area (TPSA) is 111 Å². The zero-order valence-corrected chi connectivity index (χ0v) is 16.6. The van der Waals surface area contributed by atoms with E-state index in [1.807, 2.05) is 18.2 Å². The monoisotopic (exact) mass is 407 g/mol. The number of halogens is 1. The Hall–Kier alpha value is -2.42. The Morgan fingerprint density at radius 1 is 1.29 bits per heavy atom. The number of para-hydroxylation sites is 1. The molecule has 8 nitrogen and oxygen atoms in total. The Morgan fingerprint density at radius 3 is 2.57 bits per heavy atom. The molecule has 2 amide bonds. The van der Waals surface area contributed by atoms with Gasteiger partial charge in [0.05, 0.1) is 12.3 Å². The summed E-state index contributed by atoms with van der Waals surface area (Å²) >= 11 is 0. The van der Waals surface area contributed by atoms with Crippen LogP contribution in [0.3, 0.4) is 0 Å². The van der Waals surface area contributed by atoms with Gasteiger partial charge in [-0.25, -0.2) is 4.68 Å². The second-order valence-corrected chi connectivity index (χ2v) is 6.89. The molecule has 0 spiro atoms. The van der Waals surface area contributed by atoms with Crippen LogP contribution in [0.2, 0.25) is 0 Å². The minimum atomic E-state index is -0.639. The number of ether oxygens (including phenoxy) is 1. The van der Waals surface area contributed by atoms with Crippen LogP contribution in [0.1, 0.15) is 33.8 Å². The van der Waals surface area contributed by atoms with Gasteiger partial charge in [-0.15, -0.1) is 12.4 Å². The maximum Gasteiger partial charge on any atom is 0.271 e. The fraction of sp³-hybridized carbons (Fsp3) is 0.421. The number of rotatable bonds is 7. The van der Waals surface area contributed by atoms with Gasteiger partial charge >= 0.3 is 0 Å². The number of amides is 2. The van der Waals surface area contributed by atoms with E-state index in [9.17, 15) is 9.59 Å². The summed E-state index contributed by atoms with van der Waals surface area (Å²) in [6, 6.07) is 10.5. The molecule has 0 aliphatic carbocycles. The summed E-state index contributed by atoms with van der Waals surface area (Å²) in [4.78, 5) is 24.4. The van der Waals surface area contributed by atoms with Crippen molar-refractivity contribution >= 4 is 24.2 Å². The SMILES string of the molecule is COCC1(CNC(=O)c2cc(C(N)=O)n(-c3ccccc3)n2)CCNCC1.Cl. The van der Waals surface area contributed by atoms with Crippen LogP contribution < -0.4 is 16.4 Å². The minimum Gasteiger partial charge on any atom is -0.384 e. The molecule has 0 unspecified atom stereocenters. The number of primary amides is 1. The van der Waals surface area contributed by atoms with E-state index in [1.165, 1.54) is 10.7 Å². The van der Waals surface area contributed by atoms with E-state index in [0.717, 1.165) is 25.9 Å². The second-order valence-electron chi connectivity index (χ2n) is 6.89. The van der Waals surface area contributed by atoms with Crippen LogP contribution in [0.4, 0.5) is 0 Å². The minimum absolute atomic E-state index is 0. The average Bonchev–Trinajstić information content (AvgIpc) is 3.14. The molecule has 1 aliphatic heterocycles. The summed E-state index contributed by atoms with van der Waals surface area (Å²) in [7, 11) is 1.67. The highest BCUT2D eigenvalue weighted by atomic mass is 35.5. The standard InChI is InChI=1S/C19H25N5O3.ClH/c1-27-13-19(7-9-21-10-8-19)12-22-18(26)15-11-16(17(20)25)24(23-15)14-5-3-2-4-6-14;/h2-6,11,21H,7-10,12-13H2,1H3,(H2,20,25)(H,22,26);1H. The van der Waals surface area contributed by atoms with E-state index < -0.39 is 5.91 Å². The normalized spacial score (nSPS) is 15.5. The molecule has 1 aromatic heterocycles. The van der Waals surface area contributed by atoms with Crippen LogP contribution >= 0.6 is 12.4 Å². The van der Waals surface area contributed by atoms with Gasteiger partial charge in [-0.05, 0) is 38.1 Å². The van der Waals surface area contributed by atoms with Crippen molar-refractivity contribution < 1.29 is 14.3 Å². The lowest BCUT2D eigenvalue weighted by Gasteiger charge is -2.37. The van der Waals surface area contributed by atoms with Crippen molar-refractivity contribution in [3.05, 3.63) is 47.8 Å². The number of carbonyl (C=O) groups is 2. The quantitative estimate of drug-likeness (QED) is 0.637. The summed E-state index contributed by atoms with van der Waals surface area (Å²) in [5.41, 5.74) is 6.36. The molecule has 2 heterocycles. The molecular formula is C19H26ClN5O3. The van der Waals surface area contributed by atoms with Gasteiger partial charge in [-0.1, -0.05) is 18.2 Å².